The molecule has 1 saturated heterocycles. The zero-order valence-electron chi connectivity index (χ0n) is 12.0. The van der Waals surface area contributed by atoms with E-state index in [9.17, 15) is 9.59 Å². The van der Waals surface area contributed by atoms with Gasteiger partial charge in [0.2, 0.25) is 0 Å². The zero-order valence-corrected chi connectivity index (χ0v) is 12.0. The summed E-state index contributed by atoms with van der Waals surface area (Å²) in [6.45, 7) is 10.2. The summed E-state index contributed by atoms with van der Waals surface area (Å²) in [5.41, 5.74) is -0.534. The quantitative estimate of drug-likeness (QED) is 0.786. The Morgan fingerprint density at radius 1 is 1.28 bits per heavy atom. The molecule has 1 N–H and O–H groups in total. The van der Waals surface area contributed by atoms with E-state index in [1.165, 1.54) is 4.90 Å². The molecule has 0 aromatic carbocycles. The first-order valence-corrected chi connectivity index (χ1v) is 6.50. The number of ether oxygens (including phenoxy) is 1. The lowest BCUT2D eigenvalue weighted by atomic mass is 9.99. The number of hydrogen-bond donors (Lipinski definition) is 1. The van der Waals surface area contributed by atoms with Gasteiger partial charge in [0.15, 0.2) is 0 Å². The minimum absolute atomic E-state index is 0.254. The number of aliphatic carboxylic acids is 1. The molecule has 1 fully saturated rings. The summed E-state index contributed by atoms with van der Waals surface area (Å²) in [5.74, 6) is -1.30. The van der Waals surface area contributed by atoms with Gasteiger partial charge in [0.1, 0.15) is 5.60 Å². The van der Waals surface area contributed by atoms with Crippen molar-refractivity contribution in [3.8, 4) is 0 Å². The van der Waals surface area contributed by atoms with Crippen LogP contribution >= 0.6 is 0 Å². The number of piperidine rings is 1. The van der Waals surface area contributed by atoms with E-state index in [4.69, 9.17) is 9.84 Å². The molecule has 18 heavy (non-hydrogen) atoms. The molecule has 0 bridgehead atoms. The second-order valence-electron chi connectivity index (χ2n) is 5.10. The lowest BCUT2D eigenvalue weighted by Gasteiger charge is -2.32. The van der Waals surface area contributed by atoms with Crippen molar-refractivity contribution in [2.45, 2.75) is 53.1 Å². The average molecular weight is 259 g/mol. The summed E-state index contributed by atoms with van der Waals surface area (Å²) >= 11 is 0. The molecule has 1 rings (SSSR count). The maximum absolute atomic E-state index is 11.7. The van der Waals surface area contributed by atoms with Gasteiger partial charge in [-0.25, -0.2) is 4.79 Å². The zero-order chi connectivity index (χ0) is 14.3. The third-order valence-electron chi connectivity index (χ3n) is 2.42. The van der Waals surface area contributed by atoms with E-state index >= 15 is 0 Å². The first-order chi connectivity index (χ1) is 8.29. The minimum atomic E-state index is -0.840. The molecule has 1 aliphatic heterocycles. The number of rotatable bonds is 1. The largest absolute Gasteiger partial charge is 0.481 e. The summed E-state index contributed by atoms with van der Waals surface area (Å²) in [6.07, 6.45) is 0.934. The highest BCUT2D eigenvalue weighted by Crippen LogP contribution is 2.19. The van der Waals surface area contributed by atoms with Crippen LogP contribution in [0.1, 0.15) is 47.5 Å². The van der Waals surface area contributed by atoms with Crippen molar-refractivity contribution in [1.29, 1.82) is 0 Å². The molecular weight excluding hydrogens is 234 g/mol. The van der Waals surface area contributed by atoms with Gasteiger partial charge in [-0.05, 0) is 33.6 Å². The van der Waals surface area contributed by atoms with Crippen LogP contribution in [0.2, 0.25) is 0 Å². The van der Waals surface area contributed by atoms with Crippen LogP contribution in [0.4, 0.5) is 4.79 Å². The molecule has 0 saturated carbocycles. The van der Waals surface area contributed by atoms with E-state index < -0.39 is 23.6 Å². The Morgan fingerprint density at radius 3 is 2.28 bits per heavy atom. The molecule has 1 heterocycles. The highest BCUT2D eigenvalue weighted by molar-refractivity contribution is 5.73. The van der Waals surface area contributed by atoms with Gasteiger partial charge in [0.05, 0.1) is 5.92 Å². The minimum Gasteiger partial charge on any atom is -0.481 e. The fraction of sp³-hybridized carbons (Fsp3) is 0.846. The molecule has 1 unspecified atom stereocenters. The third-order valence-corrected chi connectivity index (χ3v) is 2.42. The second kappa shape index (κ2) is 7.24. The van der Waals surface area contributed by atoms with Gasteiger partial charge in [-0.15, -0.1) is 0 Å². The topological polar surface area (TPSA) is 66.8 Å². The molecule has 0 aliphatic carbocycles. The molecule has 5 heteroatoms. The molecule has 1 amide bonds. The van der Waals surface area contributed by atoms with Gasteiger partial charge in [0.25, 0.3) is 0 Å². The molecule has 5 nitrogen and oxygen atoms in total. The van der Waals surface area contributed by atoms with E-state index in [0.29, 0.717) is 13.0 Å². The third kappa shape index (κ3) is 5.89. The van der Waals surface area contributed by atoms with Crippen LogP contribution in [0.3, 0.4) is 0 Å². The molecule has 0 aromatic rings. The van der Waals surface area contributed by atoms with Crippen LogP contribution in [0.15, 0.2) is 0 Å². The van der Waals surface area contributed by atoms with Gasteiger partial charge in [0, 0.05) is 13.1 Å². The molecule has 1 atom stereocenters. The van der Waals surface area contributed by atoms with Gasteiger partial charge in [-0.3, -0.25) is 4.79 Å². The van der Waals surface area contributed by atoms with E-state index in [1.807, 2.05) is 13.8 Å². The first kappa shape index (κ1) is 16.7. The fourth-order valence-electron chi connectivity index (χ4n) is 1.67. The van der Waals surface area contributed by atoms with Crippen molar-refractivity contribution in [2.24, 2.45) is 5.92 Å². The number of carboxylic acid groups (broad SMARTS) is 1. The van der Waals surface area contributed by atoms with Crippen molar-refractivity contribution >= 4 is 12.1 Å². The monoisotopic (exact) mass is 259 g/mol. The van der Waals surface area contributed by atoms with E-state index in [0.717, 1.165) is 6.42 Å². The normalized spacial score (nSPS) is 19.6. The Balaban J connectivity index is 0.00000137. The second-order valence-corrected chi connectivity index (χ2v) is 5.10. The first-order valence-electron chi connectivity index (χ1n) is 6.50. The number of carbonyl (C=O) groups is 2. The smallest absolute Gasteiger partial charge is 0.410 e. The lowest BCUT2D eigenvalue weighted by Crippen LogP contribution is -2.44. The van der Waals surface area contributed by atoms with Gasteiger partial charge < -0.3 is 14.7 Å². The SMILES string of the molecule is CC.CC(C)(C)OC(=O)N1CCCC(C(=O)O)C1. The van der Waals surface area contributed by atoms with Crippen molar-refractivity contribution in [3.63, 3.8) is 0 Å². The van der Waals surface area contributed by atoms with E-state index in [-0.39, 0.29) is 6.54 Å². The number of likely N-dealkylation sites (tertiary alicyclic amines) is 1. The molecule has 0 radical (unpaired) electrons. The van der Waals surface area contributed by atoms with Crippen LogP contribution < -0.4 is 0 Å². The van der Waals surface area contributed by atoms with Crippen molar-refractivity contribution < 1.29 is 19.4 Å². The van der Waals surface area contributed by atoms with Crippen LogP contribution in [-0.2, 0) is 9.53 Å². The summed E-state index contributed by atoms with van der Waals surface area (Å²) in [6, 6.07) is 0. The predicted molar refractivity (Wildman–Crippen MR) is 69.5 cm³/mol. The highest BCUT2D eigenvalue weighted by Gasteiger charge is 2.30. The number of nitrogens with zero attached hydrogens (tertiary/aromatic N) is 1. The molecular formula is C13H25NO4. The number of hydrogen-bond acceptors (Lipinski definition) is 3. The summed E-state index contributed by atoms with van der Waals surface area (Å²) < 4.78 is 5.20. The van der Waals surface area contributed by atoms with Crippen molar-refractivity contribution in [1.82, 2.24) is 4.90 Å². The Hall–Kier alpha value is -1.26. The maximum atomic E-state index is 11.7. The van der Waals surface area contributed by atoms with Crippen LogP contribution in [0.5, 0.6) is 0 Å². The molecule has 0 aromatic heterocycles. The number of carbonyl (C=O) groups excluding carboxylic acids is 1. The van der Waals surface area contributed by atoms with E-state index in [1.54, 1.807) is 20.8 Å². The summed E-state index contributed by atoms with van der Waals surface area (Å²) in [7, 11) is 0. The Morgan fingerprint density at radius 2 is 1.83 bits per heavy atom. The van der Waals surface area contributed by atoms with Gasteiger partial charge in [-0.2, -0.15) is 0 Å². The molecule has 106 valence electrons. The molecule has 0 spiro atoms. The predicted octanol–water partition coefficient (Wildman–Crippen LogP) is 2.74. The maximum Gasteiger partial charge on any atom is 0.410 e. The van der Waals surface area contributed by atoms with Crippen LogP contribution in [0, 0.1) is 5.92 Å². The van der Waals surface area contributed by atoms with Crippen LogP contribution in [0.25, 0.3) is 0 Å². The van der Waals surface area contributed by atoms with Crippen molar-refractivity contribution in [3.05, 3.63) is 0 Å². The fourth-order valence-corrected chi connectivity index (χ4v) is 1.67. The van der Waals surface area contributed by atoms with Crippen molar-refractivity contribution in [2.75, 3.05) is 13.1 Å². The summed E-state index contributed by atoms with van der Waals surface area (Å²) in [4.78, 5) is 24.0. The Kier molecular flexibility index (Phi) is 6.73. The lowest BCUT2D eigenvalue weighted by molar-refractivity contribution is -0.143. The Bertz CT molecular complexity index is 283. The Labute approximate surface area is 109 Å². The van der Waals surface area contributed by atoms with Gasteiger partial charge >= 0.3 is 12.1 Å². The average Bonchev–Trinajstić information content (AvgIpc) is 2.29. The van der Waals surface area contributed by atoms with E-state index in [2.05, 4.69) is 0 Å². The summed E-state index contributed by atoms with van der Waals surface area (Å²) in [5, 5.41) is 8.89. The highest BCUT2D eigenvalue weighted by atomic mass is 16.6. The standard InChI is InChI=1S/C11H19NO4.C2H6/c1-11(2,3)16-10(15)12-6-4-5-8(7-12)9(13)14;1-2/h8H,4-7H2,1-3H3,(H,13,14);1-2H3. The molecule has 1 aliphatic rings. The number of amides is 1. The number of carboxylic acids is 1. The van der Waals surface area contributed by atoms with Gasteiger partial charge in [-0.1, -0.05) is 13.8 Å². The van der Waals surface area contributed by atoms with Crippen LogP contribution in [-0.4, -0.2) is 40.8 Å².